The molecule has 1 aliphatic rings. The van der Waals surface area contributed by atoms with Crippen LogP contribution in [0.15, 0.2) is 0 Å². The Balaban J connectivity index is 2.46. The molecule has 16 heavy (non-hydrogen) atoms. The van der Waals surface area contributed by atoms with E-state index in [4.69, 9.17) is 10.5 Å². The molecule has 1 rings (SSSR count). The number of hydrogen-bond donors (Lipinski definition) is 1. The number of hydrogen-bond acceptors (Lipinski definition) is 2. The number of alkyl halides is 3. The zero-order chi connectivity index (χ0) is 12.2. The molecule has 0 aromatic heterocycles. The molecule has 0 heterocycles. The predicted molar refractivity (Wildman–Crippen MR) is 56.0 cm³/mol. The van der Waals surface area contributed by atoms with Gasteiger partial charge in [0.15, 0.2) is 0 Å². The van der Waals surface area contributed by atoms with Gasteiger partial charge in [0.05, 0.1) is 5.60 Å². The van der Waals surface area contributed by atoms with E-state index in [9.17, 15) is 13.2 Å². The highest BCUT2D eigenvalue weighted by Gasteiger charge is 2.38. The minimum Gasteiger partial charge on any atom is -0.364 e. The summed E-state index contributed by atoms with van der Waals surface area (Å²) in [5.74, 6) is 0.620. The van der Waals surface area contributed by atoms with E-state index in [0.717, 1.165) is 19.3 Å². The number of rotatable bonds is 4. The van der Waals surface area contributed by atoms with Crippen LogP contribution in [0.2, 0.25) is 0 Å². The fraction of sp³-hybridized carbons (Fsp3) is 1.00. The van der Waals surface area contributed by atoms with Crippen molar-refractivity contribution in [2.75, 3.05) is 13.2 Å². The van der Waals surface area contributed by atoms with E-state index >= 15 is 0 Å². The van der Waals surface area contributed by atoms with Gasteiger partial charge in [0.1, 0.15) is 6.61 Å². The van der Waals surface area contributed by atoms with Crippen LogP contribution >= 0.6 is 0 Å². The fourth-order valence-electron chi connectivity index (χ4n) is 2.25. The van der Waals surface area contributed by atoms with Crippen LogP contribution in [0.4, 0.5) is 13.2 Å². The normalized spacial score (nSPS) is 31.7. The van der Waals surface area contributed by atoms with Gasteiger partial charge in [-0.05, 0) is 31.6 Å². The number of ether oxygens (including phenoxy) is 1. The van der Waals surface area contributed by atoms with E-state index in [0.29, 0.717) is 18.8 Å². The summed E-state index contributed by atoms with van der Waals surface area (Å²) in [6, 6.07) is 0. The zero-order valence-corrected chi connectivity index (χ0v) is 9.65. The Hall–Kier alpha value is -0.290. The third kappa shape index (κ3) is 3.94. The largest absolute Gasteiger partial charge is 0.411 e. The van der Waals surface area contributed by atoms with Crippen molar-refractivity contribution in [3.05, 3.63) is 0 Å². The van der Waals surface area contributed by atoms with Crippen molar-refractivity contribution in [3.63, 3.8) is 0 Å². The standard InChI is InChI=1S/C11H20F3NO/c1-2-9-3-5-10(7-15,6-4-9)16-8-11(12,13)14/h9H,2-8,15H2,1H3. The summed E-state index contributed by atoms with van der Waals surface area (Å²) in [7, 11) is 0. The maximum absolute atomic E-state index is 12.1. The topological polar surface area (TPSA) is 35.2 Å². The van der Waals surface area contributed by atoms with Gasteiger partial charge in [0.2, 0.25) is 0 Å². The quantitative estimate of drug-likeness (QED) is 0.818. The van der Waals surface area contributed by atoms with E-state index in [1.54, 1.807) is 0 Å². The molecule has 0 bridgehead atoms. The second-order valence-corrected chi connectivity index (χ2v) is 4.64. The fourth-order valence-corrected chi connectivity index (χ4v) is 2.25. The lowest BCUT2D eigenvalue weighted by atomic mass is 9.77. The minimum absolute atomic E-state index is 0.180. The highest BCUT2D eigenvalue weighted by molar-refractivity contribution is 4.88. The van der Waals surface area contributed by atoms with Gasteiger partial charge in [-0.1, -0.05) is 13.3 Å². The van der Waals surface area contributed by atoms with E-state index in [1.165, 1.54) is 0 Å². The van der Waals surface area contributed by atoms with Crippen LogP contribution < -0.4 is 5.73 Å². The van der Waals surface area contributed by atoms with Crippen molar-refractivity contribution >= 4 is 0 Å². The Bertz CT molecular complexity index is 210. The van der Waals surface area contributed by atoms with Gasteiger partial charge in [-0.2, -0.15) is 13.2 Å². The van der Waals surface area contributed by atoms with Gasteiger partial charge in [-0.15, -0.1) is 0 Å². The molecular formula is C11H20F3NO. The van der Waals surface area contributed by atoms with Crippen molar-refractivity contribution in [2.24, 2.45) is 11.7 Å². The van der Waals surface area contributed by atoms with E-state index in [-0.39, 0.29) is 6.54 Å². The van der Waals surface area contributed by atoms with Crippen molar-refractivity contribution in [1.82, 2.24) is 0 Å². The molecule has 0 atom stereocenters. The Kier molecular flexibility index (Phi) is 4.62. The Morgan fingerprint density at radius 3 is 2.25 bits per heavy atom. The van der Waals surface area contributed by atoms with Gasteiger partial charge in [0, 0.05) is 6.54 Å². The van der Waals surface area contributed by atoms with Gasteiger partial charge in [0.25, 0.3) is 0 Å². The zero-order valence-electron chi connectivity index (χ0n) is 9.65. The monoisotopic (exact) mass is 239 g/mol. The highest BCUT2D eigenvalue weighted by atomic mass is 19.4. The summed E-state index contributed by atoms with van der Waals surface area (Å²) in [5, 5.41) is 0. The van der Waals surface area contributed by atoms with Gasteiger partial charge in [-0.25, -0.2) is 0 Å². The van der Waals surface area contributed by atoms with Crippen LogP contribution in [0.1, 0.15) is 39.0 Å². The summed E-state index contributed by atoms with van der Waals surface area (Å²) in [5.41, 5.74) is 4.83. The average Bonchev–Trinajstić information content (AvgIpc) is 2.26. The molecule has 0 aliphatic heterocycles. The van der Waals surface area contributed by atoms with E-state index in [1.807, 2.05) is 0 Å². The van der Waals surface area contributed by atoms with Crippen LogP contribution in [-0.2, 0) is 4.74 Å². The molecule has 0 spiro atoms. The van der Waals surface area contributed by atoms with Gasteiger partial charge >= 0.3 is 6.18 Å². The van der Waals surface area contributed by atoms with Crippen molar-refractivity contribution in [1.29, 1.82) is 0 Å². The van der Waals surface area contributed by atoms with Crippen LogP contribution in [0, 0.1) is 5.92 Å². The Morgan fingerprint density at radius 1 is 1.31 bits per heavy atom. The van der Waals surface area contributed by atoms with Crippen molar-refractivity contribution in [2.45, 2.75) is 50.8 Å². The Labute approximate surface area is 94.3 Å². The lowest BCUT2D eigenvalue weighted by Crippen LogP contribution is -2.45. The Morgan fingerprint density at radius 2 is 1.88 bits per heavy atom. The summed E-state index contributed by atoms with van der Waals surface area (Å²) in [6.07, 6.45) is -0.0308. The first-order valence-electron chi connectivity index (χ1n) is 5.81. The molecule has 1 saturated carbocycles. The molecule has 5 heteroatoms. The molecule has 2 N–H and O–H groups in total. The lowest BCUT2D eigenvalue weighted by Gasteiger charge is -2.39. The maximum atomic E-state index is 12.1. The number of halogens is 3. The summed E-state index contributed by atoms with van der Waals surface area (Å²) < 4.78 is 41.3. The molecule has 0 amide bonds. The molecule has 0 saturated heterocycles. The van der Waals surface area contributed by atoms with E-state index < -0.39 is 18.4 Å². The summed E-state index contributed by atoms with van der Waals surface area (Å²) in [4.78, 5) is 0. The maximum Gasteiger partial charge on any atom is 0.411 e. The smallest absolute Gasteiger partial charge is 0.364 e. The molecule has 96 valence electrons. The third-order valence-electron chi connectivity index (χ3n) is 3.51. The van der Waals surface area contributed by atoms with Crippen LogP contribution in [-0.4, -0.2) is 24.9 Å². The predicted octanol–water partition coefficient (Wildman–Crippen LogP) is 2.86. The third-order valence-corrected chi connectivity index (χ3v) is 3.51. The lowest BCUT2D eigenvalue weighted by molar-refractivity contribution is -0.210. The molecule has 0 aromatic carbocycles. The molecule has 1 fully saturated rings. The molecule has 0 unspecified atom stereocenters. The van der Waals surface area contributed by atoms with Crippen LogP contribution in [0.3, 0.4) is 0 Å². The molecule has 2 nitrogen and oxygen atoms in total. The first-order chi connectivity index (χ1) is 7.41. The van der Waals surface area contributed by atoms with Crippen LogP contribution in [0.5, 0.6) is 0 Å². The first kappa shape index (κ1) is 13.8. The molecular weight excluding hydrogens is 219 g/mol. The molecule has 0 radical (unpaired) electrons. The SMILES string of the molecule is CCC1CCC(CN)(OCC(F)(F)F)CC1. The van der Waals surface area contributed by atoms with Gasteiger partial charge in [-0.3, -0.25) is 0 Å². The second kappa shape index (κ2) is 5.36. The van der Waals surface area contributed by atoms with Gasteiger partial charge < -0.3 is 10.5 Å². The number of nitrogens with two attached hydrogens (primary N) is 1. The second-order valence-electron chi connectivity index (χ2n) is 4.64. The highest BCUT2D eigenvalue weighted by Crippen LogP contribution is 2.36. The average molecular weight is 239 g/mol. The summed E-state index contributed by atoms with van der Waals surface area (Å²) in [6.45, 7) is 1.11. The van der Waals surface area contributed by atoms with Crippen molar-refractivity contribution < 1.29 is 17.9 Å². The van der Waals surface area contributed by atoms with E-state index in [2.05, 4.69) is 6.92 Å². The summed E-state index contributed by atoms with van der Waals surface area (Å²) >= 11 is 0. The minimum atomic E-state index is -4.26. The van der Waals surface area contributed by atoms with Crippen molar-refractivity contribution in [3.8, 4) is 0 Å². The first-order valence-corrected chi connectivity index (χ1v) is 5.81. The molecule has 1 aliphatic carbocycles. The van der Waals surface area contributed by atoms with Crippen LogP contribution in [0.25, 0.3) is 0 Å². The molecule has 0 aromatic rings.